The number of rotatable bonds is 9. The number of hydrogen-bond donors (Lipinski definition) is 2. The van der Waals surface area contributed by atoms with Crippen LogP contribution in [0.5, 0.6) is 0 Å². The fraction of sp³-hybridized carbons (Fsp3) is 0.308. The van der Waals surface area contributed by atoms with E-state index in [-0.39, 0.29) is 12.3 Å². The van der Waals surface area contributed by atoms with E-state index in [2.05, 4.69) is 15.3 Å². The standard InChI is InChI=1S/C26H28F3N5O2/c1-25(2,24(36)31-3)33-15-20(14-30)18-8-10-34-22(16-32-23(34)13-18)19-6-4-5-17(11-19)12-21(35)7-9-26(27,28)29/h4-6,8,10-11,13-16H,7,9,12,30H2,1-3H3,(H,31,36). The number of amides is 1. The fourth-order valence-corrected chi connectivity index (χ4v) is 3.62. The Morgan fingerprint density at radius 1 is 1.19 bits per heavy atom. The zero-order chi connectivity index (χ0) is 26.5. The second-order valence-electron chi connectivity index (χ2n) is 8.84. The summed E-state index contributed by atoms with van der Waals surface area (Å²) in [6.07, 6.45) is 0.372. The van der Waals surface area contributed by atoms with Gasteiger partial charge in [0.1, 0.15) is 17.0 Å². The Morgan fingerprint density at radius 3 is 2.61 bits per heavy atom. The maximum atomic E-state index is 12.4. The number of carbonyl (C=O) groups excluding carboxylic acids is 2. The molecular formula is C26H28F3N5O2. The van der Waals surface area contributed by atoms with Gasteiger partial charge in [0.15, 0.2) is 0 Å². The molecule has 7 nitrogen and oxygen atoms in total. The molecule has 0 saturated heterocycles. The summed E-state index contributed by atoms with van der Waals surface area (Å²) in [5, 5.41) is 2.58. The average Bonchev–Trinajstić information content (AvgIpc) is 3.26. The van der Waals surface area contributed by atoms with E-state index in [1.807, 2.05) is 28.8 Å². The molecular weight excluding hydrogens is 471 g/mol. The second-order valence-corrected chi connectivity index (χ2v) is 8.84. The Kier molecular flexibility index (Phi) is 7.96. The number of pyridine rings is 1. The molecule has 3 N–H and O–H groups in total. The van der Waals surface area contributed by atoms with Crippen molar-refractivity contribution in [3.8, 4) is 11.3 Å². The smallest absolute Gasteiger partial charge is 0.389 e. The fourth-order valence-electron chi connectivity index (χ4n) is 3.62. The number of hydrogen-bond acceptors (Lipinski definition) is 5. The van der Waals surface area contributed by atoms with Crippen LogP contribution in [0.1, 0.15) is 37.8 Å². The molecule has 0 aliphatic heterocycles. The van der Waals surface area contributed by atoms with Crippen molar-refractivity contribution >= 4 is 29.1 Å². The van der Waals surface area contributed by atoms with Crippen molar-refractivity contribution in [2.75, 3.05) is 7.05 Å². The van der Waals surface area contributed by atoms with Crippen LogP contribution in [-0.4, -0.2) is 46.1 Å². The first-order chi connectivity index (χ1) is 16.9. The lowest BCUT2D eigenvalue weighted by atomic mass is 10.0. The van der Waals surface area contributed by atoms with Crippen LogP contribution in [0.2, 0.25) is 0 Å². The van der Waals surface area contributed by atoms with Crippen molar-refractivity contribution in [2.45, 2.75) is 44.8 Å². The Bertz CT molecular complexity index is 1320. The number of carbonyl (C=O) groups is 2. The van der Waals surface area contributed by atoms with E-state index in [0.717, 1.165) is 16.8 Å². The second kappa shape index (κ2) is 10.8. The maximum absolute atomic E-state index is 12.4. The minimum absolute atomic E-state index is 0.0683. The number of benzene rings is 1. The predicted molar refractivity (Wildman–Crippen MR) is 133 cm³/mol. The molecule has 1 amide bonds. The summed E-state index contributed by atoms with van der Waals surface area (Å²) in [6, 6.07) is 10.8. The molecule has 0 aliphatic carbocycles. The van der Waals surface area contributed by atoms with Gasteiger partial charge in [-0.3, -0.25) is 19.0 Å². The van der Waals surface area contributed by atoms with E-state index in [1.165, 1.54) is 6.20 Å². The predicted octanol–water partition coefficient (Wildman–Crippen LogP) is 4.35. The number of fused-ring (bicyclic) bond motifs is 1. The van der Waals surface area contributed by atoms with Crippen LogP contribution in [0.15, 0.2) is 60.0 Å². The van der Waals surface area contributed by atoms with Crippen molar-refractivity contribution in [1.82, 2.24) is 14.7 Å². The van der Waals surface area contributed by atoms with E-state index >= 15 is 0 Å². The lowest BCUT2D eigenvalue weighted by Gasteiger charge is -2.17. The Labute approximate surface area is 206 Å². The summed E-state index contributed by atoms with van der Waals surface area (Å²) < 4.78 is 39.1. The SMILES string of the molecule is CNC(=O)C(C)(C)N=CC(=CN)c1ccn2c(-c3cccc(CC(=O)CCC(F)(F)F)c3)cnc2c1. The number of nitrogens with two attached hydrogens (primary N) is 1. The van der Waals surface area contributed by atoms with Crippen LogP contribution in [0.4, 0.5) is 13.2 Å². The molecule has 3 aromatic rings. The van der Waals surface area contributed by atoms with Crippen LogP contribution in [0, 0.1) is 0 Å². The molecule has 0 unspecified atom stereocenters. The van der Waals surface area contributed by atoms with Gasteiger partial charge < -0.3 is 11.1 Å². The molecule has 0 bridgehead atoms. The molecule has 10 heteroatoms. The van der Waals surface area contributed by atoms with Crippen molar-refractivity contribution in [3.63, 3.8) is 0 Å². The number of alkyl halides is 3. The maximum Gasteiger partial charge on any atom is 0.389 e. The number of aliphatic imine (C=N–C) groups is 1. The summed E-state index contributed by atoms with van der Waals surface area (Å²) in [7, 11) is 1.55. The quantitative estimate of drug-likeness (QED) is 0.428. The zero-order valence-electron chi connectivity index (χ0n) is 20.3. The Morgan fingerprint density at radius 2 is 1.94 bits per heavy atom. The number of allylic oxidation sites excluding steroid dienone is 1. The molecule has 2 heterocycles. The van der Waals surface area contributed by atoms with Crippen molar-refractivity contribution in [1.29, 1.82) is 0 Å². The lowest BCUT2D eigenvalue weighted by Crippen LogP contribution is -2.38. The average molecular weight is 500 g/mol. The highest BCUT2D eigenvalue weighted by Crippen LogP contribution is 2.25. The third-order valence-electron chi connectivity index (χ3n) is 5.65. The van der Waals surface area contributed by atoms with Crippen molar-refractivity contribution in [2.24, 2.45) is 10.7 Å². The first-order valence-electron chi connectivity index (χ1n) is 11.3. The molecule has 0 atom stereocenters. The van der Waals surface area contributed by atoms with Gasteiger partial charge in [0, 0.05) is 49.6 Å². The van der Waals surface area contributed by atoms with Gasteiger partial charge in [0.25, 0.3) is 0 Å². The largest absolute Gasteiger partial charge is 0.404 e. The number of aromatic nitrogens is 2. The van der Waals surface area contributed by atoms with Gasteiger partial charge in [-0.15, -0.1) is 0 Å². The molecule has 1 aromatic carbocycles. The van der Waals surface area contributed by atoms with E-state index in [1.54, 1.807) is 51.5 Å². The van der Waals surface area contributed by atoms with Gasteiger partial charge in [-0.05, 0) is 43.2 Å². The topological polar surface area (TPSA) is 102 Å². The number of nitrogens with one attached hydrogen (secondary N) is 1. The van der Waals surface area contributed by atoms with Crippen LogP contribution >= 0.6 is 0 Å². The van der Waals surface area contributed by atoms with Crippen molar-refractivity contribution in [3.05, 3.63) is 66.1 Å². The molecule has 0 aliphatic rings. The normalized spacial score (nSPS) is 12.9. The minimum Gasteiger partial charge on any atom is -0.404 e. The number of halogens is 3. The van der Waals surface area contributed by atoms with Gasteiger partial charge in [-0.1, -0.05) is 18.2 Å². The number of Topliss-reactive ketones (excluding diaryl/α,β-unsaturated/α-hetero) is 1. The van der Waals surface area contributed by atoms with Gasteiger partial charge in [0.2, 0.25) is 5.91 Å². The molecule has 2 aromatic heterocycles. The molecule has 190 valence electrons. The highest BCUT2D eigenvalue weighted by molar-refractivity contribution is 6.10. The minimum atomic E-state index is -4.35. The van der Waals surface area contributed by atoms with Gasteiger partial charge in [-0.25, -0.2) is 4.98 Å². The third-order valence-corrected chi connectivity index (χ3v) is 5.65. The monoisotopic (exact) mass is 499 g/mol. The number of imidazole rings is 1. The number of likely N-dealkylation sites (N-methyl/N-ethyl adjacent to an activating group) is 1. The molecule has 0 spiro atoms. The summed E-state index contributed by atoms with van der Waals surface area (Å²) >= 11 is 0. The Balaban J connectivity index is 1.83. The molecule has 36 heavy (non-hydrogen) atoms. The van der Waals surface area contributed by atoms with Crippen LogP contribution in [0.25, 0.3) is 22.5 Å². The van der Waals surface area contributed by atoms with E-state index in [4.69, 9.17) is 5.73 Å². The Hall–Kier alpha value is -3.95. The highest BCUT2D eigenvalue weighted by atomic mass is 19.4. The van der Waals surface area contributed by atoms with Crippen LogP contribution in [0.3, 0.4) is 0 Å². The number of nitrogens with zero attached hydrogens (tertiary/aromatic N) is 3. The summed E-state index contributed by atoms with van der Waals surface area (Å²) in [5.74, 6) is -0.692. The summed E-state index contributed by atoms with van der Waals surface area (Å²) in [5.41, 5.74) is 9.01. The molecule has 0 saturated carbocycles. The first-order valence-corrected chi connectivity index (χ1v) is 11.3. The number of ketones is 1. The van der Waals surface area contributed by atoms with Gasteiger partial charge >= 0.3 is 6.18 Å². The van der Waals surface area contributed by atoms with E-state index < -0.39 is 30.3 Å². The van der Waals surface area contributed by atoms with Crippen LogP contribution in [-0.2, 0) is 16.0 Å². The molecule has 0 radical (unpaired) electrons. The van der Waals surface area contributed by atoms with Gasteiger partial charge in [0.05, 0.1) is 18.3 Å². The lowest BCUT2D eigenvalue weighted by molar-refractivity contribution is -0.143. The van der Waals surface area contributed by atoms with Crippen LogP contribution < -0.4 is 11.1 Å². The molecule has 0 fully saturated rings. The van der Waals surface area contributed by atoms with Gasteiger partial charge in [-0.2, -0.15) is 13.2 Å². The van der Waals surface area contributed by atoms with E-state index in [9.17, 15) is 22.8 Å². The summed E-state index contributed by atoms with van der Waals surface area (Å²) in [4.78, 5) is 32.8. The van der Waals surface area contributed by atoms with Crippen molar-refractivity contribution < 1.29 is 22.8 Å². The molecule has 3 rings (SSSR count). The highest BCUT2D eigenvalue weighted by Gasteiger charge is 2.28. The first kappa shape index (κ1) is 26.7. The zero-order valence-corrected chi connectivity index (χ0v) is 20.3. The third kappa shape index (κ3) is 6.59. The summed E-state index contributed by atoms with van der Waals surface area (Å²) in [6.45, 7) is 3.39. The van der Waals surface area contributed by atoms with E-state index in [0.29, 0.717) is 16.8 Å².